The first-order chi connectivity index (χ1) is 25.9. The first-order valence-corrected chi connectivity index (χ1v) is 21.9. The predicted molar refractivity (Wildman–Crippen MR) is 237 cm³/mol. The van der Waals surface area contributed by atoms with E-state index in [0.717, 1.165) is 44.9 Å². The zero-order chi connectivity index (χ0) is 38.0. The van der Waals surface area contributed by atoms with Crippen molar-refractivity contribution >= 4 is 45.1 Å². The van der Waals surface area contributed by atoms with Gasteiger partial charge < -0.3 is 10.2 Å². The van der Waals surface area contributed by atoms with Crippen molar-refractivity contribution in [3.8, 4) is 33.8 Å². The van der Waals surface area contributed by atoms with Crippen molar-refractivity contribution in [2.24, 2.45) is 0 Å². The molecule has 0 amide bonds. The first-order valence-electron chi connectivity index (χ1n) is 19.8. The Bertz CT molecular complexity index is 2090. The molecule has 2 N–H and O–H groups in total. The van der Waals surface area contributed by atoms with Gasteiger partial charge in [-0.3, -0.25) is 0 Å². The van der Waals surface area contributed by atoms with Gasteiger partial charge in [0.25, 0.3) is 0 Å². The first kappa shape index (κ1) is 38.4. The van der Waals surface area contributed by atoms with Crippen LogP contribution in [-0.2, 0) is 22.3 Å². The van der Waals surface area contributed by atoms with E-state index in [1.54, 1.807) is 0 Å². The van der Waals surface area contributed by atoms with Gasteiger partial charge in [-0.15, -0.1) is 0 Å². The highest BCUT2D eigenvalue weighted by Gasteiger charge is 2.28. The van der Waals surface area contributed by atoms with Crippen molar-refractivity contribution < 1.29 is 10.2 Å². The van der Waals surface area contributed by atoms with Gasteiger partial charge in [-0.05, 0) is 79.6 Å². The molecular weight excluding hydrogens is 697 g/mol. The molecule has 2 atom stereocenters. The second kappa shape index (κ2) is 16.1. The summed E-state index contributed by atoms with van der Waals surface area (Å²) in [7, 11) is 0. The van der Waals surface area contributed by atoms with E-state index in [-0.39, 0.29) is 10.8 Å². The van der Waals surface area contributed by atoms with Gasteiger partial charge in [-0.2, -0.15) is 23.5 Å². The summed E-state index contributed by atoms with van der Waals surface area (Å²) < 4.78 is 0. The number of hydrogen-bond acceptors (Lipinski definition) is 4. The fourth-order valence-electron chi connectivity index (χ4n) is 8.00. The molecule has 1 aliphatic carbocycles. The Morgan fingerprint density at radius 1 is 0.481 bits per heavy atom. The Labute approximate surface area is 331 Å². The average Bonchev–Trinajstić information content (AvgIpc) is 3.14. The molecule has 0 aliphatic heterocycles. The topological polar surface area (TPSA) is 40.5 Å². The summed E-state index contributed by atoms with van der Waals surface area (Å²) in [5.74, 6) is 2.36. The summed E-state index contributed by atoms with van der Waals surface area (Å²) in [6.45, 7) is 13.6. The largest absolute Gasteiger partial charge is 0.507 e. The Balaban J connectivity index is 1.19. The van der Waals surface area contributed by atoms with Crippen molar-refractivity contribution in [2.45, 2.75) is 113 Å². The minimum absolute atomic E-state index is 0.0560. The summed E-state index contributed by atoms with van der Waals surface area (Å²) in [5, 5.41) is 29.6. The number of benzene rings is 6. The van der Waals surface area contributed by atoms with Crippen LogP contribution in [0.5, 0.6) is 11.5 Å². The van der Waals surface area contributed by atoms with E-state index in [2.05, 4.69) is 151 Å². The third-order valence-corrected chi connectivity index (χ3v) is 14.4. The van der Waals surface area contributed by atoms with Gasteiger partial charge in [0.05, 0.1) is 0 Å². The molecule has 0 bridgehead atoms. The third-order valence-electron chi connectivity index (χ3n) is 11.3. The van der Waals surface area contributed by atoms with Crippen LogP contribution in [0.15, 0.2) is 109 Å². The lowest BCUT2D eigenvalue weighted by atomic mass is 9.83. The van der Waals surface area contributed by atoms with Gasteiger partial charge in [-0.25, -0.2) is 0 Å². The van der Waals surface area contributed by atoms with Gasteiger partial charge in [0.15, 0.2) is 0 Å². The molecule has 0 saturated heterocycles. The Morgan fingerprint density at radius 3 is 1.28 bits per heavy atom. The van der Waals surface area contributed by atoms with Gasteiger partial charge in [0, 0.05) is 44.3 Å². The van der Waals surface area contributed by atoms with Crippen LogP contribution in [0.1, 0.15) is 102 Å². The molecule has 1 aliphatic rings. The number of fused-ring (bicyclic) bond motifs is 2. The van der Waals surface area contributed by atoms with Crippen LogP contribution < -0.4 is 0 Å². The molecular formula is C50H56O2S2. The maximum absolute atomic E-state index is 12.0. The van der Waals surface area contributed by atoms with Crippen LogP contribution in [0.4, 0.5) is 0 Å². The van der Waals surface area contributed by atoms with Crippen molar-refractivity contribution in [1.29, 1.82) is 0 Å². The van der Waals surface area contributed by atoms with E-state index in [0.29, 0.717) is 22.0 Å². The Kier molecular flexibility index (Phi) is 11.4. The fraction of sp³-hybridized carbons (Fsp3) is 0.360. The average molecular weight is 753 g/mol. The standard InChI is InChI=1S/C50H56O2S2/c1-49(2,3)37-27-35(47(51)43(29-37)41-23-15-19-33-17-11-13-21-39(33)41)31-53-45-25-9-7-8-10-26-46(45)54-32-36-28-38(50(4,5)6)30-44(48(36)52)42-24-16-20-34-18-12-14-22-40(34)42/h11-24,27-30,45-46,51-52H,7-10,25-26,31-32H2,1-6H3/t45-,46?/m0/s1. The van der Waals surface area contributed by atoms with Crippen molar-refractivity contribution in [1.82, 2.24) is 0 Å². The third kappa shape index (κ3) is 8.36. The van der Waals surface area contributed by atoms with E-state index in [4.69, 9.17) is 0 Å². The molecule has 0 heterocycles. The molecule has 2 nitrogen and oxygen atoms in total. The van der Waals surface area contributed by atoms with E-state index in [1.807, 2.05) is 23.5 Å². The van der Waals surface area contributed by atoms with Crippen LogP contribution in [0, 0.1) is 0 Å². The molecule has 1 fully saturated rings. The van der Waals surface area contributed by atoms with E-state index in [1.165, 1.54) is 71.2 Å². The highest BCUT2D eigenvalue weighted by atomic mass is 32.2. The number of phenols is 2. The quantitative estimate of drug-likeness (QED) is 0.162. The maximum atomic E-state index is 12.0. The number of hydrogen-bond donors (Lipinski definition) is 2. The molecule has 4 heteroatoms. The highest BCUT2D eigenvalue weighted by Crippen LogP contribution is 2.46. The van der Waals surface area contributed by atoms with Gasteiger partial charge in [0.1, 0.15) is 11.5 Å². The maximum Gasteiger partial charge on any atom is 0.127 e. The lowest BCUT2D eigenvalue weighted by molar-refractivity contribution is 0.470. The Morgan fingerprint density at radius 2 is 0.870 bits per heavy atom. The van der Waals surface area contributed by atoms with Crippen LogP contribution in [0.3, 0.4) is 0 Å². The summed E-state index contributed by atoms with van der Waals surface area (Å²) in [5.41, 5.74) is 8.46. The lowest BCUT2D eigenvalue weighted by Gasteiger charge is -2.30. The molecule has 0 aromatic heterocycles. The zero-order valence-electron chi connectivity index (χ0n) is 32.9. The van der Waals surface area contributed by atoms with Crippen LogP contribution in [0.2, 0.25) is 0 Å². The second-order valence-corrected chi connectivity index (χ2v) is 19.8. The number of thioether (sulfide) groups is 2. The molecule has 54 heavy (non-hydrogen) atoms. The molecule has 280 valence electrons. The molecule has 7 rings (SSSR count). The zero-order valence-corrected chi connectivity index (χ0v) is 34.5. The lowest BCUT2D eigenvalue weighted by Crippen LogP contribution is -2.22. The van der Waals surface area contributed by atoms with E-state index < -0.39 is 0 Å². The van der Waals surface area contributed by atoms with Crippen LogP contribution in [-0.4, -0.2) is 20.7 Å². The molecule has 6 aromatic rings. The molecule has 1 saturated carbocycles. The monoisotopic (exact) mass is 752 g/mol. The van der Waals surface area contributed by atoms with Crippen molar-refractivity contribution in [3.63, 3.8) is 0 Å². The molecule has 0 spiro atoms. The smallest absolute Gasteiger partial charge is 0.127 e. The van der Waals surface area contributed by atoms with Gasteiger partial charge in [-0.1, -0.05) is 164 Å². The van der Waals surface area contributed by atoms with Crippen molar-refractivity contribution in [3.05, 3.63) is 131 Å². The fourth-order valence-corrected chi connectivity index (χ4v) is 11.1. The summed E-state index contributed by atoms with van der Waals surface area (Å²) in [6, 6.07) is 38.7. The summed E-state index contributed by atoms with van der Waals surface area (Å²) in [6.07, 6.45) is 7.39. The van der Waals surface area contributed by atoms with Gasteiger partial charge >= 0.3 is 0 Å². The summed E-state index contributed by atoms with van der Waals surface area (Å²) in [4.78, 5) is 0. The Hall–Kier alpha value is -3.86. The second-order valence-electron chi connectivity index (χ2n) is 17.3. The SMILES string of the molecule is CC(C)(C)c1cc(CSC2CCCCCC[C@@H]2SCc2cc(C(C)(C)C)cc(-c3cccc4ccccc34)c2O)c(O)c(-c2cccc3ccccc23)c1. The predicted octanol–water partition coefficient (Wildman–Crippen LogP) is 14.6. The molecule has 6 aromatic carbocycles. The normalized spacial score (nSPS) is 17.1. The summed E-state index contributed by atoms with van der Waals surface area (Å²) >= 11 is 4.05. The number of phenolic OH excluding ortho intramolecular Hbond substituents is 2. The minimum atomic E-state index is -0.0560. The minimum Gasteiger partial charge on any atom is -0.507 e. The van der Waals surface area contributed by atoms with E-state index >= 15 is 0 Å². The number of rotatable bonds is 8. The van der Waals surface area contributed by atoms with Gasteiger partial charge in [0.2, 0.25) is 0 Å². The molecule has 1 unspecified atom stereocenters. The highest BCUT2D eigenvalue weighted by molar-refractivity contribution is 8.03. The van der Waals surface area contributed by atoms with Crippen molar-refractivity contribution in [2.75, 3.05) is 0 Å². The van der Waals surface area contributed by atoms with Crippen LogP contribution >= 0.6 is 23.5 Å². The molecule has 0 radical (unpaired) electrons. The van der Waals surface area contributed by atoms with E-state index in [9.17, 15) is 10.2 Å². The van der Waals surface area contributed by atoms with Crippen LogP contribution in [0.25, 0.3) is 43.8 Å². The number of aromatic hydroxyl groups is 2.